The number of phenolic OH excluding ortho intramolecular Hbond substituents is 1. The van der Waals surface area contributed by atoms with E-state index in [9.17, 15) is 14.3 Å². The molecule has 0 aliphatic carbocycles. The van der Waals surface area contributed by atoms with Crippen LogP contribution in [0.2, 0.25) is 0 Å². The third-order valence-electron chi connectivity index (χ3n) is 2.05. The first-order chi connectivity index (χ1) is 7.52. The molecule has 1 atom stereocenters. The Labute approximate surface area is 90.9 Å². The zero-order valence-electron chi connectivity index (χ0n) is 8.40. The van der Waals surface area contributed by atoms with Crippen LogP contribution in [-0.2, 0) is 9.53 Å². The van der Waals surface area contributed by atoms with E-state index < -0.39 is 23.6 Å². The topological polar surface area (TPSA) is 96.3 Å². The monoisotopic (exact) mass is 224 g/mol. The van der Waals surface area contributed by atoms with Crippen LogP contribution in [0.15, 0.2) is 12.1 Å². The molecule has 0 heterocycles. The maximum absolute atomic E-state index is 13.1. The number of benzene rings is 1. The second kappa shape index (κ2) is 4.59. The number of aromatic hydroxyl groups is 1. The van der Waals surface area contributed by atoms with Gasteiger partial charge in [0, 0.05) is 5.56 Å². The third kappa shape index (κ3) is 1.94. The molecule has 0 bridgehead atoms. The number of methoxy groups -OCH3 is 1. The molecule has 6 heteroatoms. The summed E-state index contributed by atoms with van der Waals surface area (Å²) in [6.45, 7) is 0. The van der Waals surface area contributed by atoms with E-state index in [1.807, 2.05) is 0 Å². The van der Waals surface area contributed by atoms with Crippen LogP contribution in [0.25, 0.3) is 0 Å². The average Bonchev–Trinajstić information content (AvgIpc) is 2.30. The first-order valence-corrected chi connectivity index (χ1v) is 4.27. The number of ether oxygens (including phenoxy) is 1. The Morgan fingerprint density at radius 2 is 2.31 bits per heavy atom. The van der Waals surface area contributed by atoms with Crippen molar-refractivity contribution in [1.82, 2.24) is 0 Å². The van der Waals surface area contributed by atoms with E-state index in [1.54, 1.807) is 6.07 Å². The Bertz CT molecular complexity index is 468. The third-order valence-corrected chi connectivity index (χ3v) is 2.05. The number of phenols is 1. The van der Waals surface area contributed by atoms with Gasteiger partial charge >= 0.3 is 5.97 Å². The molecule has 0 unspecified atom stereocenters. The first kappa shape index (κ1) is 11.9. The van der Waals surface area contributed by atoms with Crippen molar-refractivity contribution in [2.24, 2.45) is 5.73 Å². The predicted octanol–water partition coefficient (Wildman–Crippen LogP) is 0.576. The molecular weight excluding hydrogens is 215 g/mol. The fourth-order valence-electron chi connectivity index (χ4n) is 1.24. The molecule has 0 saturated heterocycles. The van der Waals surface area contributed by atoms with Gasteiger partial charge in [-0.3, -0.25) is 4.79 Å². The molecule has 3 N–H and O–H groups in total. The summed E-state index contributed by atoms with van der Waals surface area (Å²) >= 11 is 0. The molecule has 0 fully saturated rings. The molecule has 1 rings (SSSR count). The lowest BCUT2D eigenvalue weighted by Gasteiger charge is -2.13. The van der Waals surface area contributed by atoms with Crippen molar-refractivity contribution < 1.29 is 19.0 Å². The van der Waals surface area contributed by atoms with Crippen molar-refractivity contribution in [3.8, 4) is 11.8 Å². The number of hydrogen-bond donors (Lipinski definition) is 2. The minimum Gasteiger partial charge on any atom is -0.505 e. The van der Waals surface area contributed by atoms with Crippen LogP contribution in [-0.4, -0.2) is 18.2 Å². The maximum atomic E-state index is 13.1. The van der Waals surface area contributed by atoms with Crippen LogP contribution in [0.3, 0.4) is 0 Å². The molecule has 0 radical (unpaired) electrons. The number of carbonyl (C=O) groups excluding carboxylic acids is 1. The van der Waals surface area contributed by atoms with Crippen LogP contribution in [0.5, 0.6) is 5.75 Å². The first-order valence-electron chi connectivity index (χ1n) is 4.27. The van der Waals surface area contributed by atoms with Crippen molar-refractivity contribution in [2.45, 2.75) is 6.04 Å². The van der Waals surface area contributed by atoms with Crippen molar-refractivity contribution in [1.29, 1.82) is 5.26 Å². The standard InChI is InChI=1S/C10H9FN2O3/c1-16-10(15)8(13)7-5(4-12)2-3-6(11)9(7)14/h2-3,8,14H,13H2,1H3/t8-/m1/s1. The lowest BCUT2D eigenvalue weighted by molar-refractivity contribution is -0.142. The summed E-state index contributed by atoms with van der Waals surface area (Å²) in [5, 5.41) is 18.2. The zero-order chi connectivity index (χ0) is 12.3. The number of carbonyl (C=O) groups is 1. The molecule has 0 amide bonds. The molecule has 16 heavy (non-hydrogen) atoms. The molecule has 0 saturated carbocycles. The SMILES string of the molecule is COC(=O)[C@H](N)c1c(C#N)ccc(F)c1O. The summed E-state index contributed by atoms with van der Waals surface area (Å²) in [5.74, 6) is -2.62. The van der Waals surface area contributed by atoms with Gasteiger partial charge in [0.15, 0.2) is 11.6 Å². The van der Waals surface area contributed by atoms with Crippen LogP contribution in [0, 0.1) is 17.1 Å². The minimum atomic E-state index is -1.39. The maximum Gasteiger partial charge on any atom is 0.327 e. The van der Waals surface area contributed by atoms with Crippen LogP contribution >= 0.6 is 0 Å². The Morgan fingerprint density at radius 1 is 1.69 bits per heavy atom. The van der Waals surface area contributed by atoms with Gasteiger partial charge in [0.05, 0.1) is 18.7 Å². The number of nitrogens with zero attached hydrogens (tertiary/aromatic N) is 1. The van der Waals surface area contributed by atoms with E-state index in [4.69, 9.17) is 11.0 Å². The van der Waals surface area contributed by atoms with Crippen molar-refractivity contribution in [3.05, 3.63) is 29.1 Å². The fourth-order valence-corrected chi connectivity index (χ4v) is 1.24. The van der Waals surface area contributed by atoms with Gasteiger partial charge in [-0.2, -0.15) is 5.26 Å². The van der Waals surface area contributed by atoms with Crippen LogP contribution in [0.1, 0.15) is 17.2 Å². The molecule has 1 aromatic carbocycles. The van der Waals surface area contributed by atoms with Gasteiger partial charge in [-0.05, 0) is 12.1 Å². The Hall–Kier alpha value is -2.13. The highest BCUT2D eigenvalue weighted by Crippen LogP contribution is 2.29. The number of hydrogen-bond acceptors (Lipinski definition) is 5. The van der Waals surface area contributed by atoms with Gasteiger partial charge in [-0.1, -0.05) is 0 Å². The molecule has 0 spiro atoms. The normalized spacial score (nSPS) is 11.6. The van der Waals surface area contributed by atoms with E-state index in [0.717, 1.165) is 19.2 Å². The second-order valence-corrected chi connectivity index (χ2v) is 2.97. The molecule has 0 aromatic heterocycles. The summed E-state index contributed by atoms with van der Waals surface area (Å²) in [6.07, 6.45) is 0. The highest BCUT2D eigenvalue weighted by molar-refractivity contribution is 5.79. The lowest BCUT2D eigenvalue weighted by Crippen LogP contribution is -2.23. The Balaban J connectivity index is 3.36. The highest BCUT2D eigenvalue weighted by Gasteiger charge is 2.25. The summed E-state index contributed by atoms with van der Waals surface area (Å²) in [6, 6.07) is 2.37. The van der Waals surface area contributed by atoms with Gasteiger partial charge in [0.1, 0.15) is 6.04 Å². The number of halogens is 1. The molecule has 1 aromatic rings. The smallest absolute Gasteiger partial charge is 0.327 e. The van der Waals surface area contributed by atoms with Gasteiger partial charge in [0.2, 0.25) is 0 Å². The number of esters is 1. The minimum absolute atomic E-state index is 0.0724. The van der Waals surface area contributed by atoms with Crippen LogP contribution in [0.4, 0.5) is 4.39 Å². The Morgan fingerprint density at radius 3 is 2.81 bits per heavy atom. The van der Waals surface area contributed by atoms with Gasteiger partial charge in [-0.15, -0.1) is 0 Å². The van der Waals surface area contributed by atoms with E-state index in [2.05, 4.69) is 4.74 Å². The van der Waals surface area contributed by atoms with Crippen molar-refractivity contribution >= 4 is 5.97 Å². The van der Waals surface area contributed by atoms with Crippen molar-refractivity contribution in [2.75, 3.05) is 7.11 Å². The Kier molecular flexibility index (Phi) is 3.43. The number of nitriles is 1. The molecular formula is C10H9FN2O3. The summed E-state index contributed by atoms with van der Waals surface area (Å²) in [5.41, 5.74) is 5.10. The summed E-state index contributed by atoms with van der Waals surface area (Å²) < 4.78 is 17.4. The quantitative estimate of drug-likeness (QED) is 0.716. The summed E-state index contributed by atoms with van der Waals surface area (Å²) in [4.78, 5) is 11.2. The van der Waals surface area contributed by atoms with Crippen LogP contribution < -0.4 is 5.73 Å². The van der Waals surface area contributed by atoms with Gasteiger partial charge < -0.3 is 15.6 Å². The zero-order valence-corrected chi connectivity index (χ0v) is 8.40. The van der Waals surface area contributed by atoms with E-state index in [-0.39, 0.29) is 11.1 Å². The van der Waals surface area contributed by atoms with Crippen molar-refractivity contribution in [3.63, 3.8) is 0 Å². The van der Waals surface area contributed by atoms with E-state index in [0.29, 0.717) is 0 Å². The average molecular weight is 224 g/mol. The highest BCUT2D eigenvalue weighted by atomic mass is 19.1. The second-order valence-electron chi connectivity index (χ2n) is 2.97. The summed E-state index contributed by atoms with van der Waals surface area (Å²) in [7, 11) is 1.10. The largest absolute Gasteiger partial charge is 0.505 e. The van der Waals surface area contributed by atoms with E-state index in [1.165, 1.54) is 0 Å². The van der Waals surface area contributed by atoms with Gasteiger partial charge in [-0.25, -0.2) is 4.39 Å². The molecule has 5 nitrogen and oxygen atoms in total. The van der Waals surface area contributed by atoms with E-state index >= 15 is 0 Å². The number of rotatable bonds is 2. The molecule has 0 aliphatic rings. The predicted molar refractivity (Wildman–Crippen MR) is 51.7 cm³/mol. The molecule has 84 valence electrons. The lowest BCUT2D eigenvalue weighted by atomic mass is 10.00. The molecule has 0 aliphatic heterocycles. The van der Waals surface area contributed by atoms with Gasteiger partial charge in [0.25, 0.3) is 0 Å². The fraction of sp³-hybridized carbons (Fsp3) is 0.200. The number of nitrogens with two attached hydrogens (primary N) is 1.